The van der Waals surface area contributed by atoms with Crippen LogP contribution in [0.5, 0.6) is 0 Å². The van der Waals surface area contributed by atoms with Gasteiger partial charge in [-0.25, -0.2) is 4.79 Å². The van der Waals surface area contributed by atoms with Crippen molar-refractivity contribution in [2.24, 2.45) is 0 Å². The number of carbonyl (C=O) groups is 2. The Morgan fingerprint density at radius 3 is 2.50 bits per heavy atom. The van der Waals surface area contributed by atoms with E-state index in [9.17, 15) is 9.59 Å². The van der Waals surface area contributed by atoms with E-state index in [0.717, 1.165) is 38.0 Å². The van der Waals surface area contributed by atoms with E-state index in [1.54, 1.807) is 0 Å². The van der Waals surface area contributed by atoms with Gasteiger partial charge < -0.3 is 25.4 Å². The lowest BCUT2D eigenvalue weighted by molar-refractivity contribution is -0.119. The average molecular weight is 446 g/mol. The first-order valence-electron chi connectivity index (χ1n) is 11.0. The summed E-state index contributed by atoms with van der Waals surface area (Å²) in [7, 11) is 0. The van der Waals surface area contributed by atoms with Gasteiger partial charge in [0.2, 0.25) is 0 Å². The van der Waals surface area contributed by atoms with Crippen molar-refractivity contribution < 1.29 is 19.1 Å². The Balaban J connectivity index is 0.00000450. The molecule has 0 bridgehead atoms. The molecular weight excluding hydrogens is 402 g/mol. The third kappa shape index (κ3) is 11.0. The predicted octanol–water partition coefficient (Wildman–Crippen LogP) is 3.12. The van der Waals surface area contributed by atoms with Crippen LogP contribution in [0.1, 0.15) is 66.7 Å². The van der Waals surface area contributed by atoms with Gasteiger partial charge in [-0.15, -0.1) is 0 Å². The Kier molecular flexibility index (Phi) is 12.9. The molecule has 2 heterocycles. The van der Waals surface area contributed by atoms with E-state index >= 15 is 0 Å². The summed E-state index contributed by atoms with van der Waals surface area (Å²) >= 11 is 1.93. The number of hydrogen-bond acceptors (Lipinski definition) is 6. The smallest absolute Gasteiger partial charge is 0.315 e. The number of thioether (sulfide) groups is 1. The van der Waals surface area contributed by atoms with E-state index < -0.39 is 0 Å². The van der Waals surface area contributed by atoms with E-state index in [0.29, 0.717) is 50.3 Å². The third-order valence-corrected chi connectivity index (χ3v) is 6.66. The molecule has 0 radical (unpaired) electrons. The minimum absolute atomic E-state index is 0. The van der Waals surface area contributed by atoms with Crippen LogP contribution in [0.15, 0.2) is 0 Å². The Bertz CT molecular complexity index is 513. The van der Waals surface area contributed by atoms with Crippen LogP contribution in [0, 0.1) is 0 Å². The Morgan fingerprint density at radius 1 is 1.07 bits per heavy atom. The summed E-state index contributed by atoms with van der Waals surface area (Å²) < 4.78 is 11.0. The standard InChI is InChI=1S/C21H39N3O4S.CH4/c1-21(2,3)22-10-12-28-14-13-27-11-6-8-16(25)7-4-5-9-18-19-17(15-29-18)23-20(26)24-19;/h17-19,22H,4-15H2,1-3H3,(H2,23,24,26);1H4. The number of urea groups is 1. The monoisotopic (exact) mass is 445 g/mol. The predicted molar refractivity (Wildman–Crippen MR) is 124 cm³/mol. The Morgan fingerprint density at radius 2 is 1.77 bits per heavy atom. The van der Waals surface area contributed by atoms with Gasteiger partial charge in [-0.3, -0.25) is 4.79 Å². The SMILES string of the molecule is C.CC(C)(C)NCCOCCOCCCC(=O)CCCCC1SCC2NC(=O)NC21. The fourth-order valence-electron chi connectivity index (χ4n) is 3.63. The van der Waals surface area contributed by atoms with Gasteiger partial charge in [0.05, 0.1) is 31.9 Å². The molecule has 2 rings (SSSR count). The Hall–Kier alpha value is -0.830. The number of amides is 2. The summed E-state index contributed by atoms with van der Waals surface area (Å²) in [5, 5.41) is 9.83. The number of Topliss-reactive ketones (excluding diaryl/α,β-unsaturated/α-hetero) is 1. The van der Waals surface area contributed by atoms with Crippen molar-refractivity contribution in [1.29, 1.82) is 0 Å². The van der Waals surface area contributed by atoms with Crippen molar-refractivity contribution in [1.82, 2.24) is 16.0 Å². The maximum absolute atomic E-state index is 12.0. The first-order valence-corrected chi connectivity index (χ1v) is 12.0. The van der Waals surface area contributed by atoms with Gasteiger partial charge >= 0.3 is 6.03 Å². The quantitative estimate of drug-likeness (QED) is 0.265. The van der Waals surface area contributed by atoms with Crippen LogP contribution in [0.3, 0.4) is 0 Å². The summed E-state index contributed by atoms with van der Waals surface area (Å²) in [6.07, 6.45) is 5.07. The molecule has 0 aliphatic carbocycles. The Labute approximate surface area is 187 Å². The van der Waals surface area contributed by atoms with Crippen LogP contribution in [0.4, 0.5) is 4.79 Å². The van der Waals surface area contributed by atoms with E-state index in [4.69, 9.17) is 9.47 Å². The van der Waals surface area contributed by atoms with Crippen molar-refractivity contribution in [3.8, 4) is 0 Å². The topological polar surface area (TPSA) is 88.7 Å². The van der Waals surface area contributed by atoms with E-state index in [2.05, 4.69) is 36.7 Å². The summed E-state index contributed by atoms with van der Waals surface area (Å²) in [5.74, 6) is 1.32. The van der Waals surface area contributed by atoms with E-state index in [1.807, 2.05) is 11.8 Å². The normalized spacial score (nSPS) is 22.9. The highest BCUT2D eigenvalue weighted by Gasteiger charge is 2.42. The van der Waals surface area contributed by atoms with Crippen molar-refractivity contribution in [3.05, 3.63) is 0 Å². The molecule has 3 N–H and O–H groups in total. The van der Waals surface area contributed by atoms with E-state index in [1.165, 1.54) is 0 Å². The second kappa shape index (κ2) is 14.3. The lowest BCUT2D eigenvalue weighted by Gasteiger charge is -2.20. The molecule has 176 valence electrons. The number of rotatable bonds is 15. The molecule has 3 atom stereocenters. The lowest BCUT2D eigenvalue weighted by Crippen LogP contribution is -2.38. The second-order valence-corrected chi connectivity index (χ2v) is 10.2. The van der Waals surface area contributed by atoms with Crippen molar-refractivity contribution in [2.45, 2.75) is 89.6 Å². The molecule has 7 nitrogen and oxygen atoms in total. The fraction of sp³-hybridized carbons (Fsp3) is 0.909. The molecule has 0 saturated carbocycles. The van der Waals surface area contributed by atoms with Crippen molar-refractivity contribution in [3.63, 3.8) is 0 Å². The highest BCUT2D eigenvalue weighted by Crippen LogP contribution is 2.33. The van der Waals surface area contributed by atoms with Gasteiger partial charge in [0.1, 0.15) is 5.78 Å². The van der Waals surface area contributed by atoms with Gasteiger partial charge in [0.25, 0.3) is 0 Å². The molecule has 2 aliphatic heterocycles. The minimum Gasteiger partial charge on any atom is -0.379 e. The number of nitrogens with one attached hydrogen (secondary N) is 3. The molecule has 0 spiro atoms. The van der Waals surface area contributed by atoms with Crippen LogP contribution in [0.2, 0.25) is 0 Å². The van der Waals surface area contributed by atoms with Gasteiger partial charge in [-0.1, -0.05) is 13.8 Å². The zero-order valence-electron chi connectivity index (χ0n) is 18.3. The first-order chi connectivity index (χ1) is 13.8. The van der Waals surface area contributed by atoms with Gasteiger partial charge in [-0.05, 0) is 40.0 Å². The number of hydrogen-bond donors (Lipinski definition) is 3. The molecule has 0 aromatic heterocycles. The van der Waals surface area contributed by atoms with Crippen LogP contribution >= 0.6 is 11.8 Å². The molecule has 0 aromatic carbocycles. The highest BCUT2D eigenvalue weighted by atomic mass is 32.2. The van der Waals surface area contributed by atoms with Crippen LogP contribution in [-0.2, 0) is 14.3 Å². The number of carbonyl (C=O) groups excluding carboxylic acids is 2. The van der Waals surface area contributed by atoms with Gasteiger partial charge in [0.15, 0.2) is 0 Å². The number of ketones is 1. The molecule has 2 aliphatic rings. The molecule has 8 heteroatoms. The average Bonchev–Trinajstić information content (AvgIpc) is 3.19. The van der Waals surface area contributed by atoms with Gasteiger partial charge in [0, 0.05) is 42.5 Å². The lowest BCUT2D eigenvalue weighted by atomic mass is 10.0. The number of ether oxygens (including phenoxy) is 2. The maximum Gasteiger partial charge on any atom is 0.315 e. The van der Waals surface area contributed by atoms with Crippen LogP contribution in [-0.4, -0.2) is 73.4 Å². The minimum atomic E-state index is -0.0354. The fourth-order valence-corrected chi connectivity index (χ4v) is 5.17. The summed E-state index contributed by atoms with van der Waals surface area (Å²) in [4.78, 5) is 23.4. The molecular formula is C22H43N3O4S. The summed E-state index contributed by atoms with van der Waals surface area (Å²) in [6.45, 7) is 9.71. The van der Waals surface area contributed by atoms with Crippen LogP contribution < -0.4 is 16.0 Å². The summed E-state index contributed by atoms with van der Waals surface area (Å²) in [5.41, 5.74) is 0.121. The molecule has 0 aromatic rings. The van der Waals surface area contributed by atoms with Gasteiger partial charge in [-0.2, -0.15) is 11.8 Å². The third-order valence-electron chi connectivity index (χ3n) is 5.15. The van der Waals surface area contributed by atoms with Crippen LogP contribution in [0.25, 0.3) is 0 Å². The molecule has 2 fully saturated rings. The zero-order chi connectivity index (χ0) is 21.1. The first kappa shape index (κ1) is 27.2. The highest BCUT2D eigenvalue weighted by molar-refractivity contribution is 8.00. The van der Waals surface area contributed by atoms with E-state index in [-0.39, 0.29) is 31.1 Å². The maximum atomic E-state index is 12.0. The van der Waals surface area contributed by atoms with Crippen molar-refractivity contribution in [2.75, 3.05) is 38.7 Å². The van der Waals surface area contributed by atoms with Crippen molar-refractivity contribution >= 4 is 23.6 Å². The number of fused-ring (bicyclic) bond motifs is 1. The second-order valence-electron chi connectivity index (χ2n) is 8.91. The number of unbranched alkanes of at least 4 members (excludes halogenated alkanes) is 1. The largest absolute Gasteiger partial charge is 0.379 e. The molecule has 2 saturated heterocycles. The molecule has 3 unspecified atom stereocenters. The molecule has 2 amide bonds. The summed E-state index contributed by atoms with van der Waals surface area (Å²) in [6, 6.07) is 0.510. The molecule has 30 heavy (non-hydrogen) atoms. The zero-order valence-corrected chi connectivity index (χ0v) is 19.1.